The monoisotopic (exact) mass is 675 g/mol. The molecule has 20 heteroatoms. The average molecular weight is 676 g/mol. The molecule has 1 unspecified atom stereocenters. The van der Waals surface area contributed by atoms with Crippen LogP contribution in [0.25, 0.3) is 0 Å². The van der Waals surface area contributed by atoms with E-state index in [1.54, 1.807) is 0 Å². The molecule has 0 aliphatic carbocycles. The number of ether oxygens (including phenoxy) is 7. The minimum atomic E-state index is -1.94. The van der Waals surface area contributed by atoms with Gasteiger partial charge in [0, 0.05) is 6.92 Å². The first-order chi connectivity index (χ1) is 21.6. The van der Waals surface area contributed by atoms with Crippen molar-refractivity contribution in [2.24, 2.45) is 0 Å². The van der Waals surface area contributed by atoms with E-state index in [0.717, 1.165) is 6.92 Å². The highest BCUT2D eigenvalue weighted by Crippen LogP contribution is 2.35. The maximum atomic E-state index is 12.0. The van der Waals surface area contributed by atoms with Crippen LogP contribution in [0.15, 0.2) is 0 Å². The number of rotatable bonds is 9. The summed E-state index contributed by atoms with van der Waals surface area (Å²) in [7, 11) is 0. The highest BCUT2D eigenvalue weighted by Gasteiger charge is 2.56. The van der Waals surface area contributed by atoms with Gasteiger partial charge in [-0.05, 0) is 13.8 Å². The van der Waals surface area contributed by atoms with Crippen molar-refractivity contribution in [3.8, 4) is 0 Å². The Morgan fingerprint density at radius 1 is 0.565 bits per heavy atom. The molecule has 0 radical (unpaired) electrons. The fourth-order valence-electron chi connectivity index (χ4n) is 5.79. The highest BCUT2D eigenvalue weighted by molar-refractivity contribution is 5.73. The summed E-state index contributed by atoms with van der Waals surface area (Å²) in [5.74, 6) is -0.694. The minimum absolute atomic E-state index is 0.694. The summed E-state index contributed by atoms with van der Waals surface area (Å²) in [5.41, 5.74) is 0. The Morgan fingerprint density at radius 2 is 1.09 bits per heavy atom. The molecule has 0 bridgehead atoms. The second kappa shape index (κ2) is 15.5. The third-order valence-electron chi connectivity index (χ3n) is 8.53. The first kappa shape index (κ1) is 37.6. The topological polar surface area (TPSA) is 316 Å². The van der Waals surface area contributed by atoms with Crippen LogP contribution >= 0.6 is 0 Å². The summed E-state index contributed by atoms with van der Waals surface area (Å²) in [6.07, 6.45) is -31.4. The molecule has 20 nitrogen and oxygen atoms in total. The van der Waals surface area contributed by atoms with E-state index in [1.165, 1.54) is 13.8 Å². The number of carbonyl (C=O) groups is 1. The molecule has 4 heterocycles. The van der Waals surface area contributed by atoms with Crippen molar-refractivity contribution in [1.82, 2.24) is 5.32 Å². The molecule has 4 rings (SSSR count). The van der Waals surface area contributed by atoms with Crippen LogP contribution in [0.1, 0.15) is 20.8 Å². The van der Waals surface area contributed by atoms with Crippen molar-refractivity contribution in [1.29, 1.82) is 0 Å². The van der Waals surface area contributed by atoms with Gasteiger partial charge in [0.1, 0.15) is 85.4 Å². The lowest BCUT2D eigenvalue weighted by Gasteiger charge is -2.50. The smallest absolute Gasteiger partial charge is 0.217 e. The maximum Gasteiger partial charge on any atom is 0.217 e. The maximum absolute atomic E-state index is 12.0. The van der Waals surface area contributed by atoms with E-state index < -0.39 is 142 Å². The third kappa shape index (κ3) is 7.64. The van der Waals surface area contributed by atoms with Crippen molar-refractivity contribution in [2.45, 2.75) is 144 Å². The summed E-state index contributed by atoms with van der Waals surface area (Å²) < 4.78 is 39.8. The van der Waals surface area contributed by atoms with Gasteiger partial charge >= 0.3 is 0 Å². The van der Waals surface area contributed by atoms with Crippen LogP contribution in [0.5, 0.6) is 0 Å². The van der Waals surface area contributed by atoms with Gasteiger partial charge in [0.05, 0.1) is 25.4 Å². The van der Waals surface area contributed by atoms with Crippen LogP contribution in [0.3, 0.4) is 0 Å². The van der Waals surface area contributed by atoms with E-state index in [9.17, 15) is 61.0 Å². The fourth-order valence-corrected chi connectivity index (χ4v) is 5.79. The number of hydrogen-bond donors (Lipinski definition) is 12. The zero-order valence-electron chi connectivity index (χ0n) is 25.1. The molecule has 0 aromatic heterocycles. The van der Waals surface area contributed by atoms with Crippen LogP contribution in [-0.4, -0.2) is 198 Å². The molecular formula is C26H45NO19. The normalized spacial score (nSPS) is 51.9. The predicted octanol–water partition coefficient (Wildman–Crippen LogP) is -7.55. The SMILES string of the molecule is CC(=O)N[C@H]1[C@H](O[C@H]2[C@H](O[C@H]3C(O)O[C@@H](C)[C@H](O)[C@H]3O)O[C@@H](C)[C@H](O)[C@H]2O[C@H]2O[C@H](CO)[C@@H](O)[C@H](O)[C@H]2O)O[C@H](CO)[C@@H](O)[C@@H]1O. The summed E-state index contributed by atoms with van der Waals surface area (Å²) in [4.78, 5) is 12.0. The number of hydrogen-bond acceptors (Lipinski definition) is 19. The molecule has 4 saturated heterocycles. The average Bonchev–Trinajstić information content (AvgIpc) is 3.01. The molecule has 4 aliphatic heterocycles. The molecule has 268 valence electrons. The lowest BCUT2D eigenvalue weighted by Crippen LogP contribution is -2.69. The Labute approximate surface area is 262 Å². The molecule has 4 aliphatic rings. The Hall–Kier alpha value is -1.25. The molecule has 0 aromatic rings. The van der Waals surface area contributed by atoms with Crippen LogP contribution < -0.4 is 5.32 Å². The summed E-state index contributed by atoms with van der Waals surface area (Å²) in [5, 5.41) is 117. The molecule has 46 heavy (non-hydrogen) atoms. The molecule has 12 N–H and O–H groups in total. The van der Waals surface area contributed by atoms with Crippen LogP contribution in [0, 0.1) is 0 Å². The molecule has 4 fully saturated rings. The number of aliphatic hydroxyl groups is 11. The van der Waals surface area contributed by atoms with Gasteiger partial charge in [-0.3, -0.25) is 4.79 Å². The largest absolute Gasteiger partial charge is 0.394 e. The van der Waals surface area contributed by atoms with Crippen molar-refractivity contribution in [2.75, 3.05) is 13.2 Å². The van der Waals surface area contributed by atoms with E-state index >= 15 is 0 Å². The van der Waals surface area contributed by atoms with Crippen LogP contribution in [0.2, 0.25) is 0 Å². The Kier molecular flexibility index (Phi) is 12.7. The Bertz CT molecular complexity index is 995. The number of amides is 1. The first-order valence-corrected chi connectivity index (χ1v) is 14.8. The first-order valence-electron chi connectivity index (χ1n) is 14.8. The Morgan fingerprint density at radius 3 is 1.67 bits per heavy atom. The van der Waals surface area contributed by atoms with Crippen LogP contribution in [0.4, 0.5) is 0 Å². The molecule has 1 amide bonds. The molecule has 0 spiro atoms. The van der Waals surface area contributed by atoms with E-state index in [2.05, 4.69) is 5.32 Å². The van der Waals surface area contributed by atoms with Crippen molar-refractivity contribution < 1.29 is 94.1 Å². The summed E-state index contributed by atoms with van der Waals surface area (Å²) in [6, 6.07) is -1.52. The van der Waals surface area contributed by atoms with Crippen molar-refractivity contribution in [3.05, 3.63) is 0 Å². The standard InChI is InChI=1S/C26H45NO19/c1-6-12(31)18(37)21(23(39)40-6)45-26-22(46-24-11(27-8(3)30)16(35)14(33)9(4-28)42-24)20(13(32)7(2)41-26)44-25-19(38)17(36)15(34)10(5-29)43-25/h6-7,9-26,28-29,31-39H,4-5H2,1-3H3,(H,27,30)/t6-,7-,9+,10+,11+,12-,13-,14+,15+,16+,17-,18+,19+,20+,21+,22+,23?,24-,25+,26-/m0/s1. The van der Waals surface area contributed by atoms with Gasteiger partial charge < -0.3 is 94.6 Å². The quantitative estimate of drug-likeness (QED) is 0.108. The van der Waals surface area contributed by atoms with Crippen molar-refractivity contribution >= 4 is 5.91 Å². The minimum Gasteiger partial charge on any atom is -0.394 e. The van der Waals surface area contributed by atoms with Gasteiger partial charge in [-0.15, -0.1) is 0 Å². The molecule has 0 saturated carbocycles. The lowest BCUT2D eigenvalue weighted by molar-refractivity contribution is -0.400. The predicted molar refractivity (Wildman–Crippen MR) is 143 cm³/mol. The van der Waals surface area contributed by atoms with Gasteiger partial charge in [0.15, 0.2) is 25.2 Å². The van der Waals surface area contributed by atoms with E-state index in [0.29, 0.717) is 0 Å². The number of carbonyl (C=O) groups excluding carboxylic acids is 1. The van der Waals surface area contributed by atoms with E-state index in [4.69, 9.17) is 33.2 Å². The lowest BCUT2D eigenvalue weighted by atomic mass is 9.95. The molecule has 20 atom stereocenters. The zero-order chi connectivity index (χ0) is 34.2. The van der Waals surface area contributed by atoms with Gasteiger partial charge in [0.2, 0.25) is 5.91 Å². The second-order valence-electron chi connectivity index (χ2n) is 11.8. The fraction of sp³-hybridized carbons (Fsp3) is 0.962. The van der Waals surface area contributed by atoms with Gasteiger partial charge in [-0.2, -0.15) is 0 Å². The van der Waals surface area contributed by atoms with Gasteiger partial charge in [-0.1, -0.05) is 0 Å². The zero-order valence-corrected chi connectivity index (χ0v) is 25.1. The second-order valence-corrected chi connectivity index (χ2v) is 11.8. The van der Waals surface area contributed by atoms with E-state index in [-0.39, 0.29) is 0 Å². The van der Waals surface area contributed by atoms with Gasteiger partial charge in [0.25, 0.3) is 0 Å². The Balaban J connectivity index is 1.71. The number of nitrogens with one attached hydrogen (secondary N) is 1. The highest BCUT2D eigenvalue weighted by atomic mass is 16.8. The van der Waals surface area contributed by atoms with E-state index in [1.807, 2.05) is 0 Å². The molecule has 0 aromatic carbocycles. The number of aliphatic hydroxyl groups excluding tert-OH is 11. The van der Waals surface area contributed by atoms with Gasteiger partial charge in [-0.25, -0.2) is 0 Å². The summed E-state index contributed by atoms with van der Waals surface area (Å²) >= 11 is 0. The molecular weight excluding hydrogens is 630 g/mol. The van der Waals surface area contributed by atoms with Crippen LogP contribution in [-0.2, 0) is 38.0 Å². The van der Waals surface area contributed by atoms with Crippen molar-refractivity contribution in [3.63, 3.8) is 0 Å². The summed E-state index contributed by atoms with van der Waals surface area (Å²) in [6.45, 7) is 2.22. The third-order valence-corrected chi connectivity index (χ3v) is 8.53.